The maximum Gasteiger partial charge on any atom is 0.391 e. The molecular weight excluding hydrogens is 375 g/mol. The van der Waals surface area contributed by atoms with Crippen molar-refractivity contribution in [2.24, 2.45) is 5.92 Å². The first-order valence-electron chi connectivity index (χ1n) is 8.19. The molecule has 2 heterocycles. The predicted molar refractivity (Wildman–Crippen MR) is 94.2 cm³/mol. The highest BCUT2D eigenvalue weighted by molar-refractivity contribution is 8.02. The van der Waals surface area contributed by atoms with Crippen LogP contribution < -0.4 is 10.9 Å². The number of halogens is 4. The minimum absolute atomic E-state index is 0.0164. The monoisotopic (exact) mass is 393 g/mol. The van der Waals surface area contributed by atoms with E-state index in [1.807, 2.05) is 11.5 Å². The molecule has 1 atom stereocenters. The van der Waals surface area contributed by atoms with E-state index in [0.717, 1.165) is 0 Å². The Morgan fingerprint density at radius 1 is 1.32 bits per heavy atom. The molecule has 1 fully saturated rings. The van der Waals surface area contributed by atoms with Crippen LogP contribution in [0.3, 0.4) is 0 Å². The van der Waals surface area contributed by atoms with Crippen LogP contribution in [0.25, 0.3) is 0 Å². The number of aromatic nitrogens is 2. The molecule has 0 saturated heterocycles. The molecule has 1 saturated carbocycles. The van der Waals surface area contributed by atoms with Gasteiger partial charge in [-0.05, 0) is 37.5 Å². The Morgan fingerprint density at radius 3 is 2.52 bits per heavy atom. The van der Waals surface area contributed by atoms with Gasteiger partial charge in [0, 0.05) is 13.0 Å². The zero-order chi connectivity index (χ0) is 18.2. The van der Waals surface area contributed by atoms with Crippen molar-refractivity contribution in [1.29, 1.82) is 0 Å². The van der Waals surface area contributed by atoms with E-state index in [0.29, 0.717) is 25.1 Å². The number of hydrogen-bond donors (Lipinski definition) is 1. The third-order valence-electron chi connectivity index (χ3n) is 4.84. The van der Waals surface area contributed by atoms with Gasteiger partial charge in [0.2, 0.25) is 0 Å². The maximum atomic E-state index is 12.9. The lowest BCUT2D eigenvalue weighted by Gasteiger charge is -2.31. The number of nitrogens with zero attached hydrogens (tertiary/aromatic N) is 2. The van der Waals surface area contributed by atoms with Crippen molar-refractivity contribution in [1.82, 2.24) is 9.55 Å². The van der Waals surface area contributed by atoms with Crippen LogP contribution >= 0.6 is 23.4 Å². The fourth-order valence-electron chi connectivity index (χ4n) is 3.48. The smallest absolute Gasteiger partial charge is 0.372 e. The molecule has 0 amide bonds. The van der Waals surface area contributed by atoms with Gasteiger partial charge < -0.3 is 5.32 Å². The third kappa shape index (κ3) is 3.69. The van der Waals surface area contributed by atoms with Gasteiger partial charge in [0.15, 0.2) is 5.82 Å². The Hall–Kier alpha value is -1.15. The quantitative estimate of drug-likeness (QED) is 0.791. The van der Waals surface area contributed by atoms with Crippen LogP contribution in [0, 0.1) is 5.92 Å². The summed E-state index contributed by atoms with van der Waals surface area (Å²) in [6.07, 6.45) is -0.647. The van der Waals surface area contributed by atoms with Crippen molar-refractivity contribution in [3.05, 3.63) is 32.7 Å². The first kappa shape index (κ1) is 18.6. The van der Waals surface area contributed by atoms with E-state index in [4.69, 9.17) is 11.6 Å². The van der Waals surface area contributed by atoms with Crippen LogP contribution in [0.4, 0.5) is 19.0 Å². The first-order valence-corrected chi connectivity index (χ1v) is 9.52. The molecule has 25 heavy (non-hydrogen) atoms. The molecule has 9 heteroatoms. The summed E-state index contributed by atoms with van der Waals surface area (Å²) in [6.45, 7) is 0. The minimum atomic E-state index is -4.15. The largest absolute Gasteiger partial charge is 0.391 e. The van der Waals surface area contributed by atoms with E-state index in [1.165, 1.54) is 11.8 Å². The molecule has 3 rings (SSSR count). The van der Waals surface area contributed by atoms with Gasteiger partial charge in [0.25, 0.3) is 5.56 Å². The lowest BCUT2D eigenvalue weighted by molar-refractivity contribution is -0.182. The summed E-state index contributed by atoms with van der Waals surface area (Å²) in [7, 11) is 1.62. The normalized spacial score (nSPS) is 26.8. The second-order valence-electron chi connectivity index (χ2n) is 6.35. The number of thioether (sulfide) groups is 1. The number of rotatable bonds is 3. The molecule has 1 aliphatic carbocycles. The van der Waals surface area contributed by atoms with Crippen LogP contribution in [0.2, 0.25) is 5.02 Å². The van der Waals surface area contributed by atoms with E-state index in [-0.39, 0.29) is 40.5 Å². The maximum absolute atomic E-state index is 12.9. The molecule has 1 unspecified atom stereocenters. The summed E-state index contributed by atoms with van der Waals surface area (Å²) in [5, 5.41) is 4.60. The van der Waals surface area contributed by atoms with Gasteiger partial charge in [-0.3, -0.25) is 9.36 Å². The highest BCUT2D eigenvalue weighted by Gasteiger charge is 2.42. The molecule has 0 aromatic carbocycles. The Morgan fingerprint density at radius 2 is 2.00 bits per heavy atom. The van der Waals surface area contributed by atoms with E-state index >= 15 is 0 Å². The van der Waals surface area contributed by atoms with Crippen LogP contribution in [-0.2, 0) is 0 Å². The topological polar surface area (TPSA) is 46.9 Å². The van der Waals surface area contributed by atoms with E-state index in [2.05, 4.69) is 10.3 Å². The average Bonchev–Trinajstić information content (AvgIpc) is 3.10. The lowest BCUT2D eigenvalue weighted by Crippen LogP contribution is -2.33. The van der Waals surface area contributed by atoms with Crippen LogP contribution in [0.5, 0.6) is 0 Å². The zero-order valence-corrected chi connectivity index (χ0v) is 15.2. The van der Waals surface area contributed by atoms with Crippen molar-refractivity contribution in [2.75, 3.05) is 12.4 Å². The fourth-order valence-corrected chi connectivity index (χ4v) is 4.66. The number of hydrogen-bond acceptors (Lipinski definition) is 4. The van der Waals surface area contributed by atoms with Crippen LogP contribution in [0.1, 0.15) is 49.2 Å². The molecule has 0 spiro atoms. The van der Waals surface area contributed by atoms with E-state index < -0.39 is 12.1 Å². The molecule has 4 nitrogen and oxygen atoms in total. The summed E-state index contributed by atoms with van der Waals surface area (Å²) in [6, 6.07) is 0. The average molecular weight is 394 g/mol. The molecule has 1 aromatic rings. The first-order chi connectivity index (χ1) is 11.8. The molecule has 138 valence electrons. The summed E-state index contributed by atoms with van der Waals surface area (Å²) >= 11 is 7.63. The van der Waals surface area contributed by atoms with Crippen molar-refractivity contribution < 1.29 is 13.2 Å². The summed E-state index contributed by atoms with van der Waals surface area (Å²) in [5.74, 6) is -0.605. The third-order valence-corrected chi connectivity index (χ3v) is 6.24. The molecular formula is C16H19ClF3N3OS. The predicted octanol–water partition coefficient (Wildman–Crippen LogP) is 4.92. The molecule has 1 aromatic heterocycles. The fraction of sp³-hybridized carbons (Fsp3) is 0.625. The summed E-state index contributed by atoms with van der Waals surface area (Å²) < 4.78 is 40.3. The second-order valence-corrected chi connectivity index (χ2v) is 7.81. The van der Waals surface area contributed by atoms with Crippen molar-refractivity contribution in [3.63, 3.8) is 0 Å². The van der Waals surface area contributed by atoms with Crippen LogP contribution in [-0.4, -0.2) is 22.8 Å². The number of alkyl halides is 3. The summed E-state index contributed by atoms with van der Waals surface area (Å²) in [4.78, 5) is 17.3. The number of anilines is 1. The lowest BCUT2D eigenvalue weighted by atomic mass is 9.81. The van der Waals surface area contributed by atoms with Gasteiger partial charge in [-0.2, -0.15) is 13.2 Å². The zero-order valence-electron chi connectivity index (χ0n) is 13.6. The Balaban J connectivity index is 1.95. The van der Waals surface area contributed by atoms with E-state index in [9.17, 15) is 18.0 Å². The van der Waals surface area contributed by atoms with Crippen LogP contribution in [0.15, 0.2) is 16.3 Å². The van der Waals surface area contributed by atoms with E-state index in [1.54, 1.807) is 11.6 Å². The van der Waals surface area contributed by atoms with Gasteiger partial charge >= 0.3 is 6.18 Å². The van der Waals surface area contributed by atoms with Gasteiger partial charge in [-0.15, -0.1) is 11.8 Å². The number of nitrogens with one attached hydrogen (secondary N) is 1. The van der Waals surface area contributed by atoms with Gasteiger partial charge in [-0.25, -0.2) is 4.98 Å². The van der Waals surface area contributed by atoms with Gasteiger partial charge in [-0.1, -0.05) is 17.7 Å². The highest BCUT2D eigenvalue weighted by atomic mass is 35.5. The van der Waals surface area contributed by atoms with Crippen molar-refractivity contribution in [2.45, 2.75) is 49.6 Å². The Bertz CT molecular complexity index is 719. The summed E-state index contributed by atoms with van der Waals surface area (Å²) in [5.41, 5.74) is -0.338. The standard InChI is InChI=1S/C16H19ClF3N3OS/c1-21-13-12(17)15(24)23(11-3-2-8-25-11)14(22-13)9-4-6-10(7-5-9)16(18,19)20/h2,8-11,21H,3-7H2,1H3/t9-,10+,11?. The van der Waals surface area contributed by atoms with Gasteiger partial charge in [0.05, 0.1) is 11.3 Å². The van der Waals surface area contributed by atoms with Crippen molar-refractivity contribution in [3.8, 4) is 0 Å². The molecule has 1 aliphatic heterocycles. The molecule has 1 N–H and O–H groups in total. The number of allylic oxidation sites excluding steroid dienone is 1. The highest BCUT2D eigenvalue weighted by Crippen LogP contribution is 2.44. The minimum Gasteiger partial charge on any atom is -0.372 e. The second kappa shape index (κ2) is 7.23. The van der Waals surface area contributed by atoms with Crippen molar-refractivity contribution >= 4 is 29.2 Å². The van der Waals surface area contributed by atoms with Gasteiger partial charge in [0.1, 0.15) is 10.8 Å². The Kier molecular flexibility index (Phi) is 5.39. The molecule has 0 bridgehead atoms. The Labute approximate surface area is 152 Å². The molecule has 2 aliphatic rings. The molecule has 0 radical (unpaired) electrons. The SMILES string of the molecule is CNc1nc([C@H]2CC[C@@H](C(F)(F)F)CC2)n(C2CC=CS2)c(=O)c1Cl.